The molecule has 2 aromatic carbocycles. The van der Waals surface area contributed by atoms with E-state index in [9.17, 15) is 26.7 Å². The summed E-state index contributed by atoms with van der Waals surface area (Å²) in [7, 11) is -7.36. The standard InChI is InChI=1S/C26H33N3O6S2/c1-36(32,33)27-20-10-11-24-22(15-20)26(12-3-2-4-13-26)17-29(24)25(31)19-6-5-7-21(14-19)37(34,35)28-23(16-30)18-8-9-18/h5-7,10-11,14-15,18,23,27-28,30H,2-4,8-9,12-13,16-17H2,1H3. The van der Waals surface area contributed by atoms with Crippen LogP contribution in [0.4, 0.5) is 11.4 Å². The van der Waals surface area contributed by atoms with Crippen LogP contribution in [0.25, 0.3) is 0 Å². The monoisotopic (exact) mass is 547 g/mol. The lowest BCUT2D eigenvalue weighted by Crippen LogP contribution is -2.39. The number of fused-ring (bicyclic) bond motifs is 2. The van der Waals surface area contributed by atoms with Crippen LogP contribution < -0.4 is 14.3 Å². The van der Waals surface area contributed by atoms with Crippen LogP contribution in [0.2, 0.25) is 0 Å². The number of amides is 1. The molecule has 200 valence electrons. The zero-order valence-corrected chi connectivity index (χ0v) is 22.4. The van der Waals surface area contributed by atoms with Crippen LogP contribution in [-0.2, 0) is 25.5 Å². The summed E-state index contributed by atoms with van der Waals surface area (Å²) in [6, 6.07) is 10.7. The summed E-state index contributed by atoms with van der Waals surface area (Å²) in [6.07, 6.45) is 7.83. The number of sulfonamides is 2. The number of aliphatic hydroxyl groups is 1. The Kier molecular flexibility index (Phi) is 6.84. The van der Waals surface area contributed by atoms with Crippen LogP contribution in [0.5, 0.6) is 0 Å². The molecule has 11 heteroatoms. The second-order valence-corrected chi connectivity index (χ2v) is 14.1. The zero-order valence-electron chi connectivity index (χ0n) is 20.8. The lowest BCUT2D eigenvalue weighted by atomic mass is 9.70. The molecule has 2 aliphatic carbocycles. The highest BCUT2D eigenvalue weighted by Crippen LogP contribution is 2.50. The molecule has 1 heterocycles. The summed E-state index contributed by atoms with van der Waals surface area (Å²) in [5.41, 5.74) is 2.14. The first-order valence-electron chi connectivity index (χ1n) is 12.7. The number of hydrogen-bond donors (Lipinski definition) is 3. The van der Waals surface area contributed by atoms with Gasteiger partial charge >= 0.3 is 0 Å². The zero-order chi connectivity index (χ0) is 26.4. The summed E-state index contributed by atoms with van der Waals surface area (Å²) < 4.78 is 54.8. The maximum absolute atomic E-state index is 13.8. The molecule has 0 bridgehead atoms. The third-order valence-electron chi connectivity index (χ3n) is 7.76. The summed E-state index contributed by atoms with van der Waals surface area (Å²) in [5.74, 6) is -0.162. The van der Waals surface area contributed by atoms with Gasteiger partial charge in [0.05, 0.1) is 17.8 Å². The van der Waals surface area contributed by atoms with Crippen molar-refractivity contribution in [2.75, 3.05) is 29.0 Å². The van der Waals surface area contributed by atoms with Gasteiger partial charge in [-0.3, -0.25) is 9.52 Å². The number of benzene rings is 2. The van der Waals surface area contributed by atoms with E-state index < -0.39 is 26.1 Å². The Bertz CT molecular complexity index is 1410. The molecule has 2 aromatic rings. The Morgan fingerprint density at radius 1 is 1.08 bits per heavy atom. The van der Waals surface area contributed by atoms with E-state index in [-0.39, 0.29) is 34.3 Å². The van der Waals surface area contributed by atoms with Gasteiger partial charge < -0.3 is 10.0 Å². The number of carbonyl (C=O) groups excluding carboxylic acids is 1. The molecule has 1 atom stereocenters. The van der Waals surface area contributed by atoms with Crippen molar-refractivity contribution in [3.05, 3.63) is 53.6 Å². The van der Waals surface area contributed by atoms with E-state index in [4.69, 9.17) is 0 Å². The number of nitrogens with zero attached hydrogens (tertiary/aromatic N) is 1. The smallest absolute Gasteiger partial charge is 0.258 e. The Hall–Kier alpha value is -2.47. The minimum absolute atomic E-state index is 0.0167. The van der Waals surface area contributed by atoms with Crippen molar-refractivity contribution >= 4 is 37.3 Å². The van der Waals surface area contributed by atoms with E-state index in [1.165, 1.54) is 12.1 Å². The Balaban J connectivity index is 1.46. The molecule has 3 aliphatic rings. The largest absolute Gasteiger partial charge is 0.395 e. The molecule has 1 amide bonds. The van der Waals surface area contributed by atoms with E-state index >= 15 is 0 Å². The topological polar surface area (TPSA) is 133 Å². The molecule has 0 radical (unpaired) electrons. The van der Waals surface area contributed by atoms with Crippen molar-refractivity contribution in [2.45, 2.75) is 61.3 Å². The molecule has 37 heavy (non-hydrogen) atoms. The lowest BCUT2D eigenvalue weighted by Gasteiger charge is -2.34. The first kappa shape index (κ1) is 26.1. The summed E-state index contributed by atoms with van der Waals surface area (Å²) >= 11 is 0. The third-order valence-corrected chi connectivity index (χ3v) is 9.86. The van der Waals surface area contributed by atoms with Crippen LogP contribution in [0.3, 0.4) is 0 Å². The van der Waals surface area contributed by atoms with Gasteiger partial charge in [-0.2, -0.15) is 0 Å². The number of anilines is 2. The van der Waals surface area contributed by atoms with Gasteiger partial charge in [-0.1, -0.05) is 25.3 Å². The maximum Gasteiger partial charge on any atom is 0.258 e. The van der Waals surface area contributed by atoms with Crippen molar-refractivity contribution in [3.63, 3.8) is 0 Å². The van der Waals surface area contributed by atoms with Crippen molar-refractivity contribution in [2.24, 2.45) is 5.92 Å². The van der Waals surface area contributed by atoms with E-state index in [0.717, 1.165) is 62.5 Å². The van der Waals surface area contributed by atoms with Crippen molar-refractivity contribution in [1.82, 2.24) is 4.72 Å². The predicted octanol–water partition coefficient (Wildman–Crippen LogP) is 2.97. The second kappa shape index (κ2) is 9.68. The van der Waals surface area contributed by atoms with Gasteiger partial charge in [0, 0.05) is 34.9 Å². The van der Waals surface area contributed by atoms with E-state index in [1.54, 1.807) is 29.2 Å². The van der Waals surface area contributed by atoms with E-state index in [2.05, 4.69) is 9.44 Å². The molecule has 0 aromatic heterocycles. The van der Waals surface area contributed by atoms with Crippen molar-refractivity contribution in [3.8, 4) is 0 Å². The van der Waals surface area contributed by atoms with Gasteiger partial charge in [-0.25, -0.2) is 21.6 Å². The number of hydrogen-bond acceptors (Lipinski definition) is 6. The molecule has 2 fully saturated rings. The molecule has 3 N–H and O–H groups in total. The first-order chi connectivity index (χ1) is 17.5. The fourth-order valence-corrected chi connectivity index (χ4v) is 7.68. The Morgan fingerprint density at radius 3 is 2.46 bits per heavy atom. The fourth-order valence-electron chi connectivity index (χ4n) is 5.78. The average molecular weight is 548 g/mol. The predicted molar refractivity (Wildman–Crippen MR) is 142 cm³/mol. The molecular formula is C26H33N3O6S2. The van der Waals surface area contributed by atoms with E-state index in [1.807, 2.05) is 6.07 Å². The Morgan fingerprint density at radius 2 is 1.81 bits per heavy atom. The average Bonchev–Trinajstić information content (AvgIpc) is 3.67. The molecule has 1 aliphatic heterocycles. The molecule has 1 unspecified atom stereocenters. The Labute approximate surface area is 218 Å². The molecule has 9 nitrogen and oxygen atoms in total. The van der Waals surface area contributed by atoms with Crippen LogP contribution in [0, 0.1) is 5.92 Å². The first-order valence-corrected chi connectivity index (χ1v) is 16.1. The van der Waals surface area contributed by atoms with Gasteiger partial charge in [-0.05, 0) is 73.6 Å². The minimum atomic E-state index is -3.91. The van der Waals surface area contributed by atoms with Gasteiger partial charge in [-0.15, -0.1) is 0 Å². The highest BCUT2D eigenvalue weighted by Gasteiger charge is 2.45. The summed E-state index contributed by atoms with van der Waals surface area (Å²) in [5, 5.41) is 9.60. The lowest BCUT2D eigenvalue weighted by molar-refractivity contribution is 0.0982. The number of aliphatic hydroxyl groups excluding tert-OH is 1. The summed E-state index contributed by atoms with van der Waals surface area (Å²) in [6.45, 7) is 0.193. The van der Waals surface area contributed by atoms with Crippen LogP contribution >= 0.6 is 0 Å². The van der Waals surface area contributed by atoms with E-state index in [0.29, 0.717) is 12.2 Å². The number of rotatable bonds is 8. The van der Waals surface area contributed by atoms with Crippen molar-refractivity contribution < 1.29 is 26.7 Å². The molecular weight excluding hydrogens is 514 g/mol. The summed E-state index contributed by atoms with van der Waals surface area (Å²) in [4.78, 5) is 15.5. The normalized spacial score (nSPS) is 20.0. The quantitative estimate of drug-likeness (QED) is 0.465. The minimum Gasteiger partial charge on any atom is -0.395 e. The highest BCUT2D eigenvalue weighted by atomic mass is 32.2. The van der Waals surface area contributed by atoms with Gasteiger partial charge in [0.15, 0.2) is 0 Å². The number of nitrogens with one attached hydrogen (secondary N) is 2. The van der Waals surface area contributed by atoms with Crippen LogP contribution in [-0.4, -0.2) is 53.3 Å². The van der Waals surface area contributed by atoms with Gasteiger partial charge in [0.1, 0.15) is 0 Å². The van der Waals surface area contributed by atoms with Gasteiger partial charge in [0.25, 0.3) is 5.91 Å². The number of carbonyl (C=O) groups is 1. The molecule has 1 spiro atoms. The van der Waals surface area contributed by atoms with Crippen LogP contribution in [0.1, 0.15) is 60.9 Å². The second-order valence-electron chi connectivity index (χ2n) is 10.6. The SMILES string of the molecule is CS(=O)(=O)Nc1ccc2c(c1)C1(CCCCC1)CN2C(=O)c1cccc(S(=O)(=O)NC(CO)C2CC2)c1. The molecule has 2 saturated carbocycles. The molecule has 0 saturated heterocycles. The van der Waals surface area contributed by atoms with Gasteiger partial charge in [0.2, 0.25) is 20.0 Å². The highest BCUT2D eigenvalue weighted by molar-refractivity contribution is 7.92. The van der Waals surface area contributed by atoms with Crippen LogP contribution in [0.15, 0.2) is 47.4 Å². The maximum atomic E-state index is 13.8. The fraction of sp³-hybridized carbons (Fsp3) is 0.500. The van der Waals surface area contributed by atoms with Crippen molar-refractivity contribution in [1.29, 1.82) is 0 Å². The third kappa shape index (κ3) is 5.41. The molecule has 5 rings (SSSR count).